The Bertz CT molecular complexity index is 837. The Hall–Kier alpha value is -1.93. The van der Waals surface area contributed by atoms with Crippen molar-refractivity contribution < 1.29 is 18.0 Å². The molecule has 8 heteroatoms. The average Bonchev–Trinajstić information content (AvgIpc) is 2.98. The van der Waals surface area contributed by atoms with Gasteiger partial charge in [-0.15, -0.1) is 0 Å². The number of piperidine rings is 1. The van der Waals surface area contributed by atoms with E-state index in [4.69, 9.17) is 5.73 Å². The second-order valence-electron chi connectivity index (χ2n) is 7.76. The zero-order chi connectivity index (χ0) is 20.3. The third-order valence-electron chi connectivity index (χ3n) is 5.83. The van der Waals surface area contributed by atoms with Crippen LogP contribution in [0, 0.1) is 12.8 Å². The predicted octanol–water partition coefficient (Wildman–Crippen LogP) is 1.90. The summed E-state index contributed by atoms with van der Waals surface area (Å²) >= 11 is 0. The van der Waals surface area contributed by atoms with Crippen molar-refractivity contribution in [2.45, 2.75) is 50.3 Å². The molecule has 28 heavy (non-hydrogen) atoms. The van der Waals surface area contributed by atoms with Crippen molar-refractivity contribution in [1.82, 2.24) is 9.21 Å². The van der Waals surface area contributed by atoms with Crippen LogP contribution >= 0.6 is 0 Å². The molecule has 0 aliphatic carbocycles. The van der Waals surface area contributed by atoms with Crippen LogP contribution in [0.15, 0.2) is 23.1 Å². The normalized spacial score (nSPS) is 20.0. The van der Waals surface area contributed by atoms with E-state index in [2.05, 4.69) is 0 Å². The monoisotopic (exact) mass is 407 g/mol. The van der Waals surface area contributed by atoms with Gasteiger partial charge in [0, 0.05) is 37.7 Å². The first kappa shape index (κ1) is 20.8. The van der Waals surface area contributed by atoms with E-state index in [1.807, 2.05) is 6.92 Å². The largest absolute Gasteiger partial charge is 0.369 e. The minimum Gasteiger partial charge on any atom is -0.369 e. The highest BCUT2D eigenvalue weighted by molar-refractivity contribution is 7.89. The number of carbonyl (C=O) groups is 2. The summed E-state index contributed by atoms with van der Waals surface area (Å²) in [5.74, 6) is -0.706. The topological polar surface area (TPSA) is 101 Å². The molecule has 2 saturated heterocycles. The first-order valence-electron chi connectivity index (χ1n) is 10.00. The van der Waals surface area contributed by atoms with Gasteiger partial charge in [0.1, 0.15) is 0 Å². The maximum absolute atomic E-state index is 13.1. The number of likely N-dealkylation sites (tertiary alicyclic amines) is 1. The van der Waals surface area contributed by atoms with Crippen molar-refractivity contribution in [2.24, 2.45) is 11.7 Å². The van der Waals surface area contributed by atoms with Gasteiger partial charge in [0.05, 0.1) is 4.90 Å². The first-order valence-corrected chi connectivity index (χ1v) is 11.4. The fraction of sp³-hybridized carbons (Fsp3) is 0.600. The summed E-state index contributed by atoms with van der Waals surface area (Å²) in [6.07, 6.45) is 4.92. The Morgan fingerprint density at radius 2 is 1.61 bits per heavy atom. The first-order chi connectivity index (χ1) is 13.3. The number of primary amides is 1. The Morgan fingerprint density at radius 1 is 1.00 bits per heavy atom. The lowest BCUT2D eigenvalue weighted by molar-refractivity contribution is -0.123. The summed E-state index contributed by atoms with van der Waals surface area (Å²) in [5, 5.41) is 0. The molecule has 1 aromatic carbocycles. The smallest absolute Gasteiger partial charge is 0.254 e. The van der Waals surface area contributed by atoms with Gasteiger partial charge in [-0.25, -0.2) is 8.42 Å². The second-order valence-corrected chi connectivity index (χ2v) is 9.70. The van der Waals surface area contributed by atoms with Gasteiger partial charge in [0.25, 0.3) is 5.91 Å². The molecule has 2 aliphatic heterocycles. The SMILES string of the molecule is Cc1ccc(S(=O)(=O)N2CCCCCC2)cc1C(=O)N1CCC(C(N)=O)CC1. The molecule has 0 radical (unpaired) electrons. The molecule has 2 aliphatic rings. The van der Waals surface area contributed by atoms with Crippen molar-refractivity contribution in [3.63, 3.8) is 0 Å². The van der Waals surface area contributed by atoms with E-state index in [0.29, 0.717) is 44.6 Å². The van der Waals surface area contributed by atoms with Crippen LogP contribution in [0.1, 0.15) is 54.4 Å². The molecule has 1 aromatic rings. The van der Waals surface area contributed by atoms with Crippen LogP contribution < -0.4 is 5.73 Å². The van der Waals surface area contributed by atoms with Gasteiger partial charge in [-0.2, -0.15) is 4.31 Å². The van der Waals surface area contributed by atoms with Crippen molar-refractivity contribution in [3.05, 3.63) is 29.3 Å². The average molecular weight is 408 g/mol. The molecule has 2 heterocycles. The molecule has 154 valence electrons. The molecule has 2 N–H and O–H groups in total. The summed E-state index contributed by atoms with van der Waals surface area (Å²) in [4.78, 5) is 26.2. The summed E-state index contributed by atoms with van der Waals surface area (Å²) in [5.41, 5.74) is 6.52. The molecular weight excluding hydrogens is 378 g/mol. The van der Waals surface area contributed by atoms with Crippen LogP contribution in [0.2, 0.25) is 0 Å². The Morgan fingerprint density at radius 3 is 2.18 bits per heavy atom. The van der Waals surface area contributed by atoms with Crippen molar-refractivity contribution >= 4 is 21.8 Å². The van der Waals surface area contributed by atoms with Crippen LogP contribution in [0.25, 0.3) is 0 Å². The molecule has 0 bridgehead atoms. The molecule has 0 saturated carbocycles. The van der Waals surface area contributed by atoms with Gasteiger partial charge in [-0.1, -0.05) is 18.9 Å². The van der Waals surface area contributed by atoms with Crippen LogP contribution in [0.3, 0.4) is 0 Å². The summed E-state index contributed by atoms with van der Waals surface area (Å²) in [6, 6.07) is 4.80. The number of carbonyl (C=O) groups excluding carboxylic acids is 2. The highest BCUT2D eigenvalue weighted by Crippen LogP contribution is 2.25. The van der Waals surface area contributed by atoms with E-state index in [9.17, 15) is 18.0 Å². The highest BCUT2D eigenvalue weighted by Gasteiger charge is 2.29. The number of nitrogens with two attached hydrogens (primary N) is 1. The number of hydrogen-bond donors (Lipinski definition) is 1. The Labute approximate surface area is 166 Å². The van der Waals surface area contributed by atoms with E-state index >= 15 is 0 Å². The predicted molar refractivity (Wildman–Crippen MR) is 106 cm³/mol. The summed E-state index contributed by atoms with van der Waals surface area (Å²) in [7, 11) is -3.61. The second kappa shape index (κ2) is 8.61. The fourth-order valence-corrected chi connectivity index (χ4v) is 5.50. The van der Waals surface area contributed by atoms with Gasteiger partial charge in [-0.05, 0) is 50.3 Å². The molecule has 0 aromatic heterocycles. The van der Waals surface area contributed by atoms with Crippen molar-refractivity contribution in [3.8, 4) is 0 Å². The third-order valence-corrected chi connectivity index (χ3v) is 7.72. The molecule has 3 rings (SSSR count). The number of amides is 2. The van der Waals surface area contributed by atoms with Gasteiger partial charge >= 0.3 is 0 Å². The van der Waals surface area contributed by atoms with Crippen LogP contribution in [0.4, 0.5) is 0 Å². The molecule has 2 amide bonds. The molecule has 0 unspecified atom stereocenters. The minimum absolute atomic E-state index is 0.176. The van der Waals surface area contributed by atoms with Crippen molar-refractivity contribution in [2.75, 3.05) is 26.2 Å². The summed E-state index contributed by atoms with van der Waals surface area (Å²) < 4.78 is 27.7. The van der Waals surface area contributed by atoms with E-state index in [0.717, 1.165) is 31.2 Å². The fourth-order valence-electron chi connectivity index (χ4n) is 3.96. The van der Waals surface area contributed by atoms with Crippen LogP contribution in [0.5, 0.6) is 0 Å². The van der Waals surface area contributed by atoms with Gasteiger partial charge < -0.3 is 10.6 Å². The van der Waals surface area contributed by atoms with Crippen molar-refractivity contribution in [1.29, 1.82) is 0 Å². The lowest BCUT2D eigenvalue weighted by atomic mass is 9.95. The van der Waals surface area contributed by atoms with E-state index in [1.165, 1.54) is 10.4 Å². The zero-order valence-electron chi connectivity index (χ0n) is 16.4. The lowest BCUT2D eigenvalue weighted by Crippen LogP contribution is -2.42. The number of hydrogen-bond acceptors (Lipinski definition) is 4. The van der Waals surface area contributed by atoms with Gasteiger partial charge in [-0.3, -0.25) is 9.59 Å². The Kier molecular flexibility index (Phi) is 6.40. The van der Waals surface area contributed by atoms with E-state index in [1.54, 1.807) is 17.0 Å². The molecule has 7 nitrogen and oxygen atoms in total. The van der Waals surface area contributed by atoms with Crippen LogP contribution in [-0.2, 0) is 14.8 Å². The Balaban J connectivity index is 1.81. The number of aryl methyl sites for hydroxylation is 1. The quantitative estimate of drug-likeness (QED) is 0.824. The molecule has 0 atom stereocenters. The summed E-state index contributed by atoms with van der Waals surface area (Å²) in [6.45, 7) is 3.77. The van der Waals surface area contributed by atoms with Crippen LogP contribution in [-0.4, -0.2) is 55.6 Å². The molecule has 2 fully saturated rings. The van der Waals surface area contributed by atoms with E-state index < -0.39 is 10.0 Å². The minimum atomic E-state index is -3.61. The van der Waals surface area contributed by atoms with E-state index in [-0.39, 0.29) is 22.6 Å². The highest BCUT2D eigenvalue weighted by atomic mass is 32.2. The zero-order valence-corrected chi connectivity index (χ0v) is 17.2. The molecular formula is C20H29N3O4S. The maximum Gasteiger partial charge on any atom is 0.254 e. The van der Waals surface area contributed by atoms with Gasteiger partial charge in [0.2, 0.25) is 15.9 Å². The number of benzene rings is 1. The van der Waals surface area contributed by atoms with Gasteiger partial charge in [0.15, 0.2) is 0 Å². The maximum atomic E-state index is 13.1. The number of sulfonamides is 1. The lowest BCUT2D eigenvalue weighted by Gasteiger charge is -2.31. The number of nitrogens with zero attached hydrogens (tertiary/aromatic N) is 2. The third kappa shape index (κ3) is 4.38. The standard InChI is InChI=1S/C20H29N3O4S/c1-15-6-7-17(28(26,27)23-10-4-2-3-5-11-23)14-18(15)20(25)22-12-8-16(9-13-22)19(21)24/h6-7,14,16H,2-5,8-13H2,1H3,(H2,21,24). The molecule has 0 spiro atoms. The number of rotatable bonds is 4.